The Morgan fingerprint density at radius 2 is 2.30 bits per heavy atom. The highest BCUT2D eigenvalue weighted by atomic mass is 16.5. The summed E-state index contributed by atoms with van der Waals surface area (Å²) in [5.74, 6) is 1.77. The van der Waals surface area contributed by atoms with E-state index in [0.717, 1.165) is 12.2 Å². The fourth-order valence-corrected chi connectivity index (χ4v) is 1.66. The summed E-state index contributed by atoms with van der Waals surface area (Å²) in [5, 5.41) is 0. The third-order valence-electron chi connectivity index (χ3n) is 2.72. The van der Waals surface area contributed by atoms with Gasteiger partial charge < -0.3 is 9.47 Å². The van der Waals surface area contributed by atoms with Crippen LogP contribution < -0.4 is 0 Å². The van der Waals surface area contributed by atoms with Gasteiger partial charge in [-0.2, -0.15) is 0 Å². The first-order chi connectivity index (χ1) is 9.65. The first-order valence-corrected chi connectivity index (χ1v) is 6.76. The van der Waals surface area contributed by atoms with Crippen LogP contribution in [0.3, 0.4) is 0 Å². The summed E-state index contributed by atoms with van der Waals surface area (Å²) in [5.41, 5.74) is 0. The van der Waals surface area contributed by atoms with Crippen molar-refractivity contribution in [1.29, 1.82) is 0 Å². The van der Waals surface area contributed by atoms with E-state index in [1.807, 2.05) is 19.1 Å². The second-order valence-corrected chi connectivity index (χ2v) is 4.59. The number of carbonyl (C=O) groups excluding carboxylic acids is 1. The predicted octanol–water partition coefficient (Wildman–Crippen LogP) is 3.71. The molecule has 0 saturated heterocycles. The van der Waals surface area contributed by atoms with Crippen LogP contribution in [-0.2, 0) is 14.3 Å². The van der Waals surface area contributed by atoms with Crippen molar-refractivity contribution < 1.29 is 14.3 Å². The summed E-state index contributed by atoms with van der Waals surface area (Å²) in [6.07, 6.45) is 14.0. The number of carbonyl (C=O) groups is 1. The number of ether oxygens (including phenoxy) is 2. The number of Topliss-reactive ketones (excluding diaryl/α,β-unsaturated/α-hetero) is 1. The molecule has 108 valence electrons. The largest absolute Gasteiger partial charge is 0.486 e. The van der Waals surface area contributed by atoms with Crippen molar-refractivity contribution in [3.05, 3.63) is 60.6 Å². The molecule has 3 heteroatoms. The molecule has 3 nitrogen and oxygen atoms in total. The Morgan fingerprint density at radius 1 is 1.50 bits per heavy atom. The van der Waals surface area contributed by atoms with Gasteiger partial charge in [0.15, 0.2) is 0 Å². The predicted molar refractivity (Wildman–Crippen MR) is 81.0 cm³/mol. The van der Waals surface area contributed by atoms with Crippen LogP contribution in [-0.4, -0.2) is 19.0 Å². The van der Waals surface area contributed by atoms with Gasteiger partial charge in [0.1, 0.15) is 24.7 Å². The summed E-state index contributed by atoms with van der Waals surface area (Å²) in [7, 11) is 0. The van der Waals surface area contributed by atoms with E-state index in [4.69, 9.17) is 9.47 Å². The molecule has 0 spiro atoms. The van der Waals surface area contributed by atoms with E-state index in [2.05, 4.69) is 19.6 Å². The summed E-state index contributed by atoms with van der Waals surface area (Å²) in [6.45, 7) is 7.58. The van der Waals surface area contributed by atoms with Gasteiger partial charge in [-0.15, -0.1) is 0 Å². The van der Waals surface area contributed by atoms with Gasteiger partial charge in [-0.05, 0) is 43.6 Å². The minimum absolute atomic E-state index is 0.00764. The van der Waals surface area contributed by atoms with Gasteiger partial charge in [0.2, 0.25) is 5.78 Å². The zero-order valence-electron chi connectivity index (χ0n) is 12.2. The molecule has 0 bridgehead atoms. The van der Waals surface area contributed by atoms with Crippen molar-refractivity contribution in [3.8, 4) is 0 Å². The van der Waals surface area contributed by atoms with Crippen molar-refractivity contribution in [2.45, 2.75) is 20.3 Å². The Bertz CT molecular complexity index is 453. The maximum absolute atomic E-state index is 11.7. The van der Waals surface area contributed by atoms with Gasteiger partial charge in [-0.25, -0.2) is 0 Å². The number of allylic oxidation sites excluding steroid dienone is 7. The molecule has 0 saturated carbocycles. The molecule has 0 fully saturated rings. The minimum atomic E-state index is -0.0936. The van der Waals surface area contributed by atoms with Crippen LogP contribution in [0.5, 0.6) is 0 Å². The summed E-state index contributed by atoms with van der Waals surface area (Å²) >= 11 is 0. The van der Waals surface area contributed by atoms with E-state index in [0.29, 0.717) is 11.7 Å². The van der Waals surface area contributed by atoms with Gasteiger partial charge in [0.05, 0.1) is 0 Å². The molecule has 0 N–H and O–H groups in total. The average Bonchev–Trinajstić information content (AvgIpc) is 2.45. The van der Waals surface area contributed by atoms with Gasteiger partial charge in [0.25, 0.3) is 0 Å². The van der Waals surface area contributed by atoms with Gasteiger partial charge >= 0.3 is 0 Å². The van der Waals surface area contributed by atoms with E-state index >= 15 is 0 Å². The average molecular weight is 274 g/mol. The lowest BCUT2D eigenvalue weighted by molar-refractivity contribution is -0.125. The number of ketones is 1. The van der Waals surface area contributed by atoms with Crippen LogP contribution >= 0.6 is 0 Å². The van der Waals surface area contributed by atoms with Crippen LogP contribution in [0, 0.1) is 5.92 Å². The summed E-state index contributed by atoms with van der Waals surface area (Å²) in [6, 6.07) is 0. The number of hydrogen-bond donors (Lipinski definition) is 0. The molecule has 0 aromatic rings. The highest BCUT2D eigenvalue weighted by molar-refractivity contribution is 5.81. The van der Waals surface area contributed by atoms with Crippen molar-refractivity contribution >= 4 is 5.78 Å². The second-order valence-electron chi connectivity index (χ2n) is 4.59. The fourth-order valence-electron chi connectivity index (χ4n) is 1.66. The molecule has 1 atom stereocenters. The number of rotatable bonds is 8. The quantitative estimate of drug-likeness (QED) is 0.500. The van der Waals surface area contributed by atoms with Crippen LogP contribution in [0.1, 0.15) is 20.3 Å². The first kappa shape index (κ1) is 16.0. The lowest BCUT2D eigenvalue weighted by Crippen LogP contribution is -2.15. The van der Waals surface area contributed by atoms with Crippen LogP contribution in [0.25, 0.3) is 0 Å². The Morgan fingerprint density at radius 3 is 2.95 bits per heavy atom. The zero-order valence-corrected chi connectivity index (χ0v) is 12.2. The Hall–Kier alpha value is -2.03. The van der Waals surface area contributed by atoms with Crippen molar-refractivity contribution in [3.63, 3.8) is 0 Å². The molecule has 0 radical (unpaired) electrons. The normalized spacial score (nSPS) is 18.8. The second kappa shape index (κ2) is 8.97. The Balaban J connectivity index is 2.32. The summed E-state index contributed by atoms with van der Waals surface area (Å²) < 4.78 is 10.8. The molecule has 1 rings (SSSR count). The maximum atomic E-state index is 11.7. The highest BCUT2D eigenvalue weighted by Crippen LogP contribution is 2.16. The Labute approximate surface area is 121 Å². The number of hydrogen-bond acceptors (Lipinski definition) is 3. The zero-order chi connectivity index (χ0) is 14.8. The van der Waals surface area contributed by atoms with Crippen LogP contribution in [0.15, 0.2) is 60.6 Å². The third kappa shape index (κ3) is 6.23. The SMILES string of the molecule is C=C/C=C\C(=C/C)OCC(=O)COC1=CC(C)CC=C1. The van der Waals surface area contributed by atoms with E-state index < -0.39 is 0 Å². The molecular weight excluding hydrogens is 252 g/mol. The standard InChI is InChI=1S/C17H22O3/c1-4-6-9-16(5-2)19-12-15(18)13-20-17-10-7-8-14(3)11-17/h4-7,9-11,14H,1,8,12-13H2,2-3H3/b9-6-,16-5+. The topological polar surface area (TPSA) is 35.5 Å². The lowest BCUT2D eigenvalue weighted by atomic mass is 10.0. The molecule has 1 unspecified atom stereocenters. The van der Waals surface area contributed by atoms with Gasteiger partial charge in [-0.1, -0.05) is 31.7 Å². The van der Waals surface area contributed by atoms with E-state index in [1.165, 1.54) is 0 Å². The monoisotopic (exact) mass is 274 g/mol. The fraction of sp³-hybridized carbons (Fsp3) is 0.353. The molecule has 0 aromatic carbocycles. The molecule has 20 heavy (non-hydrogen) atoms. The lowest BCUT2D eigenvalue weighted by Gasteiger charge is -2.13. The third-order valence-corrected chi connectivity index (χ3v) is 2.72. The highest BCUT2D eigenvalue weighted by Gasteiger charge is 2.08. The van der Waals surface area contributed by atoms with Crippen molar-refractivity contribution in [1.82, 2.24) is 0 Å². The molecule has 1 aliphatic rings. The van der Waals surface area contributed by atoms with E-state index in [9.17, 15) is 4.79 Å². The van der Waals surface area contributed by atoms with E-state index in [-0.39, 0.29) is 19.0 Å². The maximum Gasteiger partial charge on any atom is 0.207 e. The first-order valence-electron chi connectivity index (χ1n) is 6.76. The summed E-state index contributed by atoms with van der Waals surface area (Å²) in [4.78, 5) is 11.7. The molecule has 0 aromatic heterocycles. The van der Waals surface area contributed by atoms with Gasteiger partial charge in [0, 0.05) is 0 Å². The van der Waals surface area contributed by atoms with Crippen molar-refractivity contribution in [2.24, 2.45) is 5.92 Å². The van der Waals surface area contributed by atoms with E-state index in [1.54, 1.807) is 24.3 Å². The van der Waals surface area contributed by atoms with Crippen molar-refractivity contribution in [2.75, 3.05) is 13.2 Å². The molecular formula is C17H22O3. The van der Waals surface area contributed by atoms with Crippen LogP contribution in [0.4, 0.5) is 0 Å². The van der Waals surface area contributed by atoms with Gasteiger partial charge in [-0.3, -0.25) is 4.79 Å². The van der Waals surface area contributed by atoms with Crippen LogP contribution in [0.2, 0.25) is 0 Å². The molecule has 0 heterocycles. The molecule has 1 aliphatic carbocycles. The Kier molecular flexibility index (Phi) is 7.18. The smallest absolute Gasteiger partial charge is 0.207 e. The molecule has 0 aliphatic heterocycles. The molecule has 0 amide bonds. The minimum Gasteiger partial charge on any atom is -0.486 e.